The quantitative estimate of drug-likeness (QED) is 0.826. The van der Waals surface area contributed by atoms with Crippen LogP contribution in [0.4, 0.5) is 13.2 Å². The van der Waals surface area contributed by atoms with Crippen molar-refractivity contribution in [3.8, 4) is 5.75 Å². The molecule has 1 aromatic carbocycles. The van der Waals surface area contributed by atoms with E-state index in [1.54, 1.807) is 22.7 Å². The average molecular weight is 377 g/mol. The molecule has 5 nitrogen and oxygen atoms in total. The SMILES string of the molecule is O=C(O)CC1CSCCN1C(=O)Cc1cccc(OCC(F)(F)F)c1. The third-order valence-electron chi connectivity index (χ3n) is 3.61. The molecule has 25 heavy (non-hydrogen) atoms. The maximum atomic E-state index is 12.5. The van der Waals surface area contributed by atoms with E-state index in [0.29, 0.717) is 17.9 Å². The van der Waals surface area contributed by atoms with Crippen molar-refractivity contribution in [1.29, 1.82) is 0 Å². The van der Waals surface area contributed by atoms with Crippen LogP contribution in [0.2, 0.25) is 0 Å². The second-order valence-corrected chi connectivity index (χ2v) is 6.79. The van der Waals surface area contributed by atoms with E-state index in [2.05, 4.69) is 4.74 Å². The van der Waals surface area contributed by atoms with Crippen molar-refractivity contribution in [2.45, 2.75) is 25.1 Å². The zero-order valence-corrected chi connectivity index (χ0v) is 14.1. The van der Waals surface area contributed by atoms with Crippen LogP contribution in [0, 0.1) is 0 Å². The monoisotopic (exact) mass is 377 g/mol. The topological polar surface area (TPSA) is 66.8 Å². The molecule has 9 heteroatoms. The lowest BCUT2D eigenvalue weighted by Gasteiger charge is -2.34. The first-order chi connectivity index (χ1) is 11.7. The minimum absolute atomic E-state index is 0.00992. The van der Waals surface area contributed by atoms with Gasteiger partial charge in [-0.3, -0.25) is 9.59 Å². The van der Waals surface area contributed by atoms with Crippen molar-refractivity contribution < 1.29 is 32.6 Å². The number of aliphatic carboxylic acids is 1. The summed E-state index contributed by atoms with van der Waals surface area (Å²) in [4.78, 5) is 25.0. The largest absolute Gasteiger partial charge is 0.484 e. The predicted molar refractivity (Wildman–Crippen MR) is 86.8 cm³/mol. The number of alkyl halides is 3. The number of carboxylic acids is 1. The number of rotatable bonds is 6. The van der Waals surface area contributed by atoms with Crippen molar-refractivity contribution in [2.24, 2.45) is 0 Å². The molecule has 1 amide bonds. The number of hydrogen-bond donors (Lipinski definition) is 1. The Bertz CT molecular complexity index is 624. The van der Waals surface area contributed by atoms with Crippen LogP contribution in [0.3, 0.4) is 0 Å². The summed E-state index contributed by atoms with van der Waals surface area (Å²) in [5.41, 5.74) is 0.525. The summed E-state index contributed by atoms with van der Waals surface area (Å²) in [7, 11) is 0. The molecule has 0 spiro atoms. The van der Waals surface area contributed by atoms with Crippen LogP contribution in [0.1, 0.15) is 12.0 Å². The van der Waals surface area contributed by atoms with Crippen LogP contribution in [0.15, 0.2) is 24.3 Å². The van der Waals surface area contributed by atoms with Gasteiger partial charge < -0.3 is 14.7 Å². The Morgan fingerprint density at radius 1 is 1.36 bits per heavy atom. The number of carboxylic acid groups (broad SMARTS) is 1. The summed E-state index contributed by atoms with van der Waals surface area (Å²) < 4.78 is 41.3. The Morgan fingerprint density at radius 3 is 2.80 bits per heavy atom. The highest BCUT2D eigenvalue weighted by Gasteiger charge is 2.29. The maximum Gasteiger partial charge on any atom is 0.422 e. The number of carbonyl (C=O) groups is 2. The van der Waals surface area contributed by atoms with E-state index < -0.39 is 18.8 Å². The molecule has 0 aliphatic carbocycles. The number of hydrogen-bond acceptors (Lipinski definition) is 4. The van der Waals surface area contributed by atoms with E-state index in [9.17, 15) is 22.8 Å². The first-order valence-electron chi connectivity index (χ1n) is 7.62. The minimum atomic E-state index is -4.43. The van der Waals surface area contributed by atoms with Gasteiger partial charge in [-0.2, -0.15) is 24.9 Å². The lowest BCUT2D eigenvalue weighted by molar-refractivity contribution is -0.153. The third kappa shape index (κ3) is 6.49. The first kappa shape index (κ1) is 19.4. The number of ether oxygens (including phenoxy) is 1. The van der Waals surface area contributed by atoms with Crippen LogP contribution in [-0.2, 0) is 16.0 Å². The lowest BCUT2D eigenvalue weighted by atomic mass is 10.1. The molecule has 138 valence electrons. The molecule has 1 unspecified atom stereocenters. The van der Waals surface area contributed by atoms with Crippen molar-refractivity contribution in [1.82, 2.24) is 4.90 Å². The van der Waals surface area contributed by atoms with Crippen LogP contribution < -0.4 is 4.74 Å². The molecule has 0 aromatic heterocycles. The zero-order chi connectivity index (χ0) is 18.4. The Balaban J connectivity index is 2.00. The van der Waals surface area contributed by atoms with Gasteiger partial charge in [0.15, 0.2) is 6.61 Å². The Kier molecular flexibility index (Phi) is 6.57. The van der Waals surface area contributed by atoms with Crippen LogP contribution in [-0.4, -0.2) is 58.8 Å². The summed E-state index contributed by atoms with van der Waals surface area (Å²) in [6, 6.07) is 5.57. The summed E-state index contributed by atoms with van der Waals surface area (Å²) >= 11 is 1.60. The normalized spacial score (nSPS) is 18.0. The molecule has 0 saturated carbocycles. The molecule has 0 bridgehead atoms. The summed E-state index contributed by atoms with van der Waals surface area (Å²) in [5.74, 6) is 0.134. The Hall–Kier alpha value is -1.90. The number of carbonyl (C=O) groups excluding carboxylic acids is 1. The summed E-state index contributed by atoms with van der Waals surface area (Å²) in [5, 5.41) is 8.96. The van der Waals surface area contributed by atoms with E-state index in [1.165, 1.54) is 18.2 Å². The number of nitrogens with zero attached hydrogens (tertiary/aromatic N) is 1. The van der Waals surface area contributed by atoms with E-state index in [4.69, 9.17) is 5.11 Å². The second kappa shape index (κ2) is 8.46. The van der Waals surface area contributed by atoms with Crippen LogP contribution in [0.5, 0.6) is 5.75 Å². The van der Waals surface area contributed by atoms with Crippen molar-refractivity contribution in [2.75, 3.05) is 24.7 Å². The molecule has 0 radical (unpaired) electrons. The molecule has 1 aliphatic rings. The van der Waals surface area contributed by atoms with Gasteiger partial charge in [-0.25, -0.2) is 0 Å². The number of thioether (sulfide) groups is 1. The van der Waals surface area contributed by atoms with Gasteiger partial charge in [-0.05, 0) is 17.7 Å². The van der Waals surface area contributed by atoms with Crippen LogP contribution in [0.25, 0.3) is 0 Å². The van der Waals surface area contributed by atoms with Gasteiger partial charge in [0.2, 0.25) is 5.91 Å². The van der Waals surface area contributed by atoms with E-state index >= 15 is 0 Å². The molecule has 1 aliphatic heterocycles. The molecule has 1 heterocycles. The molecule has 1 fully saturated rings. The molecular formula is C16H18F3NO4S. The van der Waals surface area contributed by atoms with Crippen molar-refractivity contribution in [3.63, 3.8) is 0 Å². The highest BCUT2D eigenvalue weighted by molar-refractivity contribution is 7.99. The molecule has 1 saturated heterocycles. The predicted octanol–water partition coefficient (Wildman–Crippen LogP) is 2.59. The fraction of sp³-hybridized carbons (Fsp3) is 0.500. The summed E-state index contributed by atoms with van der Waals surface area (Å²) in [6.45, 7) is -0.930. The van der Waals surface area contributed by atoms with Gasteiger partial charge in [0.05, 0.1) is 18.9 Å². The maximum absolute atomic E-state index is 12.5. The average Bonchev–Trinajstić information content (AvgIpc) is 2.52. The van der Waals surface area contributed by atoms with Gasteiger partial charge in [-0.1, -0.05) is 12.1 Å². The third-order valence-corrected chi connectivity index (χ3v) is 4.71. The van der Waals surface area contributed by atoms with Gasteiger partial charge in [0.25, 0.3) is 0 Å². The standard InChI is InChI=1S/C16H18F3NO4S/c17-16(18,19)10-24-13-3-1-2-11(6-13)7-14(21)20-4-5-25-9-12(20)8-15(22)23/h1-3,6,12H,4-5,7-10H2,(H,22,23). The summed E-state index contributed by atoms with van der Waals surface area (Å²) in [6.07, 6.45) is -4.56. The van der Waals surface area contributed by atoms with Gasteiger partial charge >= 0.3 is 12.1 Å². The Morgan fingerprint density at radius 2 is 2.12 bits per heavy atom. The van der Waals surface area contributed by atoms with Crippen LogP contribution >= 0.6 is 11.8 Å². The molecular weight excluding hydrogens is 359 g/mol. The van der Waals surface area contributed by atoms with Gasteiger partial charge in [-0.15, -0.1) is 0 Å². The molecule has 1 N–H and O–H groups in total. The number of amides is 1. The lowest BCUT2D eigenvalue weighted by Crippen LogP contribution is -2.47. The molecule has 1 aromatic rings. The zero-order valence-electron chi connectivity index (χ0n) is 13.3. The Labute approximate surface area is 147 Å². The number of halogens is 3. The first-order valence-corrected chi connectivity index (χ1v) is 8.77. The van der Waals surface area contributed by atoms with E-state index in [0.717, 1.165) is 5.75 Å². The van der Waals surface area contributed by atoms with E-state index in [-0.39, 0.29) is 30.5 Å². The fourth-order valence-corrected chi connectivity index (χ4v) is 3.60. The smallest absolute Gasteiger partial charge is 0.422 e. The minimum Gasteiger partial charge on any atom is -0.484 e. The number of benzene rings is 1. The molecule has 1 atom stereocenters. The second-order valence-electron chi connectivity index (χ2n) is 5.64. The van der Waals surface area contributed by atoms with E-state index in [1.807, 2.05) is 0 Å². The van der Waals surface area contributed by atoms with Crippen molar-refractivity contribution in [3.05, 3.63) is 29.8 Å². The molecule has 2 rings (SSSR count). The van der Waals surface area contributed by atoms with Gasteiger partial charge in [0, 0.05) is 18.1 Å². The highest BCUT2D eigenvalue weighted by atomic mass is 32.2. The fourth-order valence-electron chi connectivity index (χ4n) is 2.54. The van der Waals surface area contributed by atoms with Gasteiger partial charge in [0.1, 0.15) is 5.75 Å². The highest BCUT2D eigenvalue weighted by Crippen LogP contribution is 2.22. The van der Waals surface area contributed by atoms with Crippen molar-refractivity contribution >= 4 is 23.6 Å².